The monoisotopic (exact) mass is 279 g/mol. The molecule has 0 bridgehead atoms. The molecular weight excluding hydrogens is 262 g/mol. The molecule has 19 heavy (non-hydrogen) atoms. The van der Waals surface area contributed by atoms with Crippen molar-refractivity contribution in [2.75, 3.05) is 12.9 Å². The Balaban J connectivity index is 2.90. The average molecular weight is 279 g/mol. The van der Waals surface area contributed by atoms with Crippen LogP contribution < -0.4 is 0 Å². The van der Waals surface area contributed by atoms with E-state index in [4.69, 9.17) is 0 Å². The van der Waals surface area contributed by atoms with Crippen LogP contribution in [0.3, 0.4) is 0 Å². The number of hydrogen-bond acceptors (Lipinski definition) is 6. The number of methoxy groups -OCH3 is 1. The van der Waals surface area contributed by atoms with Gasteiger partial charge < -0.3 is 4.74 Å². The van der Waals surface area contributed by atoms with Crippen molar-refractivity contribution in [3.05, 3.63) is 16.8 Å². The predicted octanol–water partition coefficient (Wildman–Crippen LogP) is 2.13. The molecule has 0 radical (unpaired) electrons. The van der Waals surface area contributed by atoms with Crippen molar-refractivity contribution < 1.29 is 9.53 Å². The number of carbonyl (C=O) groups is 1. The molecule has 0 aromatic carbocycles. The highest BCUT2D eigenvalue weighted by molar-refractivity contribution is 7.99. The van der Waals surface area contributed by atoms with Crippen LogP contribution in [-0.2, 0) is 22.4 Å². The van der Waals surface area contributed by atoms with Gasteiger partial charge in [0.05, 0.1) is 24.8 Å². The molecule has 0 aliphatic carbocycles. The first kappa shape index (κ1) is 15.4. The Hall–Kier alpha value is -1.61. The molecule has 1 aromatic heterocycles. The summed E-state index contributed by atoms with van der Waals surface area (Å²) in [5.74, 6) is 0.268. The molecule has 1 aromatic rings. The lowest BCUT2D eigenvalue weighted by atomic mass is 10.1. The Morgan fingerprint density at radius 1 is 1.37 bits per heavy atom. The fraction of sp³-hybridized carbons (Fsp3) is 0.538. The van der Waals surface area contributed by atoms with Crippen molar-refractivity contribution in [1.29, 1.82) is 5.26 Å². The number of nitriles is 1. The number of aromatic nitrogens is 2. The van der Waals surface area contributed by atoms with E-state index < -0.39 is 0 Å². The van der Waals surface area contributed by atoms with Crippen molar-refractivity contribution >= 4 is 17.7 Å². The van der Waals surface area contributed by atoms with Gasteiger partial charge in [0.25, 0.3) is 0 Å². The second kappa shape index (κ2) is 7.74. The number of carbonyl (C=O) groups excluding carboxylic acids is 1. The average Bonchev–Trinajstić information content (AvgIpc) is 2.45. The van der Waals surface area contributed by atoms with Crippen LogP contribution in [0.1, 0.15) is 37.1 Å². The molecule has 0 aliphatic rings. The molecule has 0 atom stereocenters. The lowest BCUT2D eigenvalue weighted by molar-refractivity contribution is -0.140. The maximum atomic E-state index is 11.0. The van der Waals surface area contributed by atoms with E-state index in [1.165, 1.54) is 18.9 Å². The summed E-state index contributed by atoms with van der Waals surface area (Å²) in [7, 11) is 1.36. The Morgan fingerprint density at radius 2 is 2.11 bits per heavy atom. The third-order valence-electron chi connectivity index (χ3n) is 2.70. The third-order valence-corrected chi connectivity index (χ3v) is 3.67. The molecule has 1 rings (SSSR count). The van der Waals surface area contributed by atoms with Gasteiger partial charge in [-0.3, -0.25) is 4.79 Å². The zero-order chi connectivity index (χ0) is 14.3. The van der Waals surface area contributed by atoms with Gasteiger partial charge in [0, 0.05) is 5.75 Å². The van der Waals surface area contributed by atoms with Crippen LogP contribution >= 0.6 is 11.8 Å². The van der Waals surface area contributed by atoms with E-state index in [-0.39, 0.29) is 5.97 Å². The topological polar surface area (TPSA) is 75.9 Å². The van der Waals surface area contributed by atoms with E-state index in [1.807, 2.05) is 13.8 Å². The van der Waals surface area contributed by atoms with Gasteiger partial charge in [0.15, 0.2) is 0 Å². The zero-order valence-electron chi connectivity index (χ0n) is 11.4. The van der Waals surface area contributed by atoms with Crippen molar-refractivity contribution in [1.82, 2.24) is 10.2 Å². The summed E-state index contributed by atoms with van der Waals surface area (Å²) in [6.07, 6.45) is 1.81. The minimum atomic E-state index is -0.264. The largest absolute Gasteiger partial charge is 0.469 e. The van der Waals surface area contributed by atoms with Crippen LogP contribution in [0.5, 0.6) is 0 Å². The van der Waals surface area contributed by atoms with Gasteiger partial charge in [-0.15, -0.1) is 16.9 Å². The van der Waals surface area contributed by atoms with E-state index in [0.29, 0.717) is 22.8 Å². The van der Waals surface area contributed by atoms with Crippen molar-refractivity contribution in [2.45, 2.75) is 38.1 Å². The first-order valence-electron chi connectivity index (χ1n) is 6.15. The number of nitrogens with zero attached hydrogens (tertiary/aromatic N) is 3. The molecule has 0 spiro atoms. The Morgan fingerprint density at radius 3 is 2.63 bits per heavy atom. The predicted molar refractivity (Wildman–Crippen MR) is 72.9 cm³/mol. The molecule has 102 valence electrons. The van der Waals surface area contributed by atoms with Crippen molar-refractivity contribution in [3.63, 3.8) is 0 Å². The van der Waals surface area contributed by atoms with E-state index in [9.17, 15) is 10.1 Å². The van der Waals surface area contributed by atoms with Crippen molar-refractivity contribution in [3.8, 4) is 6.07 Å². The minimum Gasteiger partial charge on any atom is -0.469 e. The fourth-order valence-corrected chi connectivity index (χ4v) is 2.58. The van der Waals surface area contributed by atoms with Crippen LogP contribution in [0.2, 0.25) is 0 Å². The van der Waals surface area contributed by atoms with E-state index in [0.717, 1.165) is 24.1 Å². The summed E-state index contributed by atoms with van der Waals surface area (Å²) in [6, 6.07) is 2.20. The van der Waals surface area contributed by atoms with E-state index in [2.05, 4.69) is 21.0 Å². The molecular formula is C13H17N3O2S. The number of thioether (sulfide) groups is 1. The number of esters is 1. The summed E-state index contributed by atoms with van der Waals surface area (Å²) in [4.78, 5) is 11.0. The fourth-order valence-electron chi connectivity index (χ4n) is 1.70. The molecule has 0 amide bonds. The highest BCUT2D eigenvalue weighted by Crippen LogP contribution is 2.25. The highest BCUT2D eigenvalue weighted by Gasteiger charge is 2.14. The van der Waals surface area contributed by atoms with Crippen LogP contribution in [0, 0.1) is 11.3 Å². The summed E-state index contributed by atoms with van der Waals surface area (Å²) >= 11 is 1.37. The Bertz CT molecular complexity index is 497. The quantitative estimate of drug-likeness (QED) is 0.586. The maximum absolute atomic E-state index is 11.0. The van der Waals surface area contributed by atoms with Crippen LogP contribution in [0.15, 0.2) is 5.03 Å². The lowest BCUT2D eigenvalue weighted by Crippen LogP contribution is -2.06. The first-order chi connectivity index (χ1) is 9.17. The van der Waals surface area contributed by atoms with E-state index >= 15 is 0 Å². The second-order valence-electron chi connectivity index (χ2n) is 3.80. The molecule has 6 heteroatoms. The normalized spacial score (nSPS) is 10.0. The van der Waals surface area contributed by atoms with Crippen molar-refractivity contribution in [2.24, 2.45) is 0 Å². The van der Waals surface area contributed by atoms with Gasteiger partial charge in [-0.25, -0.2) is 0 Å². The molecule has 0 unspecified atom stereocenters. The SMILES string of the molecule is CCc1nnc(SCCC(=O)OC)c(C#N)c1CC. The maximum Gasteiger partial charge on any atom is 0.306 e. The smallest absolute Gasteiger partial charge is 0.306 e. The molecule has 0 aliphatic heterocycles. The highest BCUT2D eigenvalue weighted by atomic mass is 32.2. The van der Waals surface area contributed by atoms with Crippen LogP contribution in [-0.4, -0.2) is 29.0 Å². The minimum absolute atomic E-state index is 0.264. The number of ether oxygens (including phenoxy) is 1. The van der Waals surface area contributed by atoms with Gasteiger partial charge >= 0.3 is 5.97 Å². The first-order valence-corrected chi connectivity index (χ1v) is 7.14. The van der Waals surface area contributed by atoms with Gasteiger partial charge in [0.2, 0.25) is 0 Å². The number of hydrogen-bond donors (Lipinski definition) is 0. The Labute approximate surface area is 117 Å². The van der Waals surface area contributed by atoms with Gasteiger partial charge in [0.1, 0.15) is 11.1 Å². The molecule has 5 nitrogen and oxygen atoms in total. The van der Waals surface area contributed by atoms with Gasteiger partial charge in [-0.1, -0.05) is 13.8 Å². The number of rotatable bonds is 6. The summed E-state index contributed by atoms with van der Waals surface area (Å²) in [5, 5.41) is 18.1. The second-order valence-corrected chi connectivity index (χ2v) is 4.88. The molecule has 0 N–H and O–H groups in total. The van der Waals surface area contributed by atoms with Crippen LogP contribution in [0.4, 0.5) is 0 Å². The Kier molecular flexibility index (Phi) is 6.30. The molecule has 0 fully saturated rings. The zero-order valence-corrected chi connectivity index (χ0v) is 12.2. The third kappa shape index (κ3) is 3.93. The van der Waals surface area contributed by atoms with Crippen LogP contribution in [0.25, 0.3) is 0 Å². The summed E-state index contributed by atoms with van der Waals surface area (Å²) in [6.45, 7) is 3.99. The van der Waals surface area contributed by atoms with Gasteiger partial charge in [-0.05, 0) is 18.4 Å². The molecule has 0 saturated heterocycles. The molecule has 0 saturated carbocycles. The van der Waals surface area contributed by atoms with E-state index in [1.54, 1.807) is 0 Å². The molecule has 1 heterocycles. The summed E-state index contributed by atoms with van der Waals surface area (Å²) in [5.41, 5.74) is 2.42. The lowest BCUT2D eigenvalue weighted by Gasteiger charge is -2.09. The standard InChI is InChI=1S/C13H17N3O2S/c1-4-9-10(8-14)13(16-15-11(9)5-2)19-7-6-12(17)18-3/h4-7H2,1-3H3. The summed E-state index contributed by atoms with van der Waals surface area (Å²) < 4.78 is 4.57. The number of aryl methyl sites for hydroxylation is 1. The van der Waals surface area contributed by atoms with Gasteiger partial charge in [-0.2, -0.15) is 10.4 Å².